The molecule has 0 amide bonds. The number of aromatic nitrogens is 5. The van der Waals surface area contributed by atoms with Gasteiger partial charge in [0.15, 0.2) is 11.3 Å². The van der Waals surface area contributed by atoms with Gasteiger partial charge in [-0.2, -0.15) is 9.78 Å². The van der Waals surface area contributed by atoms with Crippen molar-refractivity contribution in [3.05, 3.63) is 87.5 Å². The number of allylic oxidation sites excluding steroid dienone is 2. The van der Waals surface area contributed by atoms with Crippen LogP contribution in [-0.2, 0) is 6.54 Å². The van der Waals surface area contributed by atoms with Gasteiger partial charge in [-0.3, -0.25) is 9.36 Å². The van der Waals surface area contributed by atoms with E-state index in [0.29, 0.717) is 34.6 Å². The topological polar surface area (TPSA) is 78.0 Å². The van der Waals surface area contributed by atoms with E-state index in [9.17, 15) is 4.79 Å². The van der Waals surface area contributed by atoms with Gasteiger partial charge in [-0.25, -0.2) is 15.0 Å². The summed E-state index contributed by atoms with van der Waals surface area (Å²) in [6, 6.07) is 15.8. The van der Waals surface area contributed by atoms with Gasteiger partial charge in [-0.05, 0) is 63.6 Å². The number of hydrogen-bond acceptors (Lipinski definition) is 5. The van der Waals surface area contributed by atoms with Crippen LogP contribution in [-0.4, -0.2) is 30.4 Å². The fraction of sp³-hybridized carbons (Fsp3) is 0.276. The minimum absolute atomic E-state index is 0.0898. The van der Waals surface area contributed by atoms with Crippen LogP contribution < -0.4 is 5.56 Å². The summed E-state index contributed by atoms with van der Waals surface area (Å²) in [5, 5.41) is 5.21. The summed E-state index contributed by atoms with van der Waals surface area (Å²) < 4.78 is 3.44. The quantitative estimate of drug-likeness (QED) is 0.241. The number of hydrogen-bond donors (Lipinski definition) is 0. The molecule has 0 saturated heterocycles. The van der Waals surface area contributed by atoms with Crippen LogP contribution in [0.3, 0.4) is 0 Å². The summed E-state index contributed by atoms with van der Waals surface area (Å²) in [5.74, 6) is 0.670. The molecular weight excluding hydrogens is 448 g/mol. The van der Waals surface area contributed by atoms with Gasteiger partial charge in [-0.1, -0.05) is 53.6 Å². The molecule has 7 heteroatoms. The summed E-state index contributed by atoms with van der Waals surface area (Å²) in [7, 11) is 0. The molecule has 7 nitrogen and oxygen atoms in total. The van der Waals surface area contributed by atoms with Gasteiger partial charge in [0.05, 0.1) is 17.2 Å². The zero-order valence-corrected chi connectivity index (χ0v) is 20.6. The summed E-state index contributed by atoms with van der Waals surface area (Å²) in [6.45, 7) is 4.55. The molecule has 0 fully saturated rings. The first kappa shape index (κ1) is 22.3. The fourth-order valence-electron chi connectivity index (χ4n) is 5.05. The second-order valence-electron chi connectivity index (χ2n) is 9.53. The summed E-state index contributed by atoms with van der Waals surface area (Å²) in [5.41, 5.74) is 6.50. The molecule has 0 aliphatic heterocycles. The second kappa shape index (κ2) is 9.15. The Bertz CT molecular complexity index is 1740. The van der Waals surface area contributed by atoms with E-state index >= 15 is 0 Å². The Hall–Kier alpha value is -4.13. The van der Waals surface area contributed by atoms with E-state index in [4.69, 9.17) is 20.1 Å². The van der Waals surface area contributed by atoms with E-state index in [1.807, 2.05) is 56.3 Å². The number of para-hydroxylation sites is 2. The van der Waals surface area contributed by atoms with Crippen molar-refractivity contribution in [1.29, 1.82) is 0 Å². The molecule has 6 rings (SSSR count). The highest BCUT2D eigenvalue weighted by molar-refractivity contribution is 6.05. The van der Waals surface area contributed by atoms with Crippen molar-refractivity contribution in [1.82, 2.24) is 24.2 Å². The molecule has 3 heterocycles. The van der Waals surface area contributed by atoms with Crippen molar-refractivity contribution in [2.45, 2.75) is 52.5 Å². The lowest BCUT2D eigenvalue weighted by Crippen LogP contribution is -2.24. The van der Waals surface area contributed by atoms with Crippen LogP contribution in [0.4, 0.5) is 0 Å². The molecule has 3 aromatic heterocycles. The molecule has 1 aliphatic carbocycles. The second-order valence-corrected chi connectivity index (χ2v) is 9.53. The fourth-order valence-corrected chi connectivity index (χ4v) is 5.05. The molecular formula is C29H28N6O. The average molecular weight is 477 g/mol. The zero-order valence-electron chi connectivity index (χ0n) is 20.6. The van der Waals surface area contributed by atoms with Crippen molar-refractivity contribution in [2.24, 2.45) is 5.10 Å². The van der Waals surface area contributed by atoms with Crippen LogP contribution in [0.2, 0.25) is 0 Å². The lowest BCUT2D eigenvalue weighted by molar-refractivity contribution is 0.597. The van der Waals surface area contributed by atoms with E-state index < -0.39 is 0 Å². The number of benzene rings is 2. The smallest absolute Gasteiger partial charge is 0.265 e. The lowest BCUT2D eigenvalue weighted by Gasteiger charge is -2.14. The molecule has 0 unspecified atom stereocenters. The third-order valence-corrected chi connectivity index (χ3v) is 6.94. The van der Waals surface area contributed by atoms with E-state index in [1.54, 1.807) is 15.5 Å². The molecule has 2 aromatic carbocycles. The van der Waals surface area contributed by atoms with Crippen molar-refractivity contribution >= 4 is 39.4 Å². The maximum atomic E-state index is 13.9. The van der Waals surface area contributed by atoms with E-state index in [-0.39, 0.29) is 5.56 Å². The van der Waals surface area contributed by atoms with Gasteiger partial charge in [0.1, 0.15) is 16.7 Å². The Morgan fingerprint density at radius 2 is 1.81 bits per heavy atom. The normalized spacial score (nSPS) is 14.3. The zero-order chi connectivity index (χ0) is 24.6. The van der Waals surface area contributed by atoms with E-state index in [2.05, 4.69) is 12.1 Å². The standard InChI is InChI=1S/C29H28N6O/c1-19-9-8-12-22(17-19)18-30-35-27-25(26-28(35)33-24-14-7-6-13-23(24)32-26)29(36)34(20(2)31-27)16-15-21-10-4-3-5-11-21/h6-10,12-14,17-18H,3-5,11,15-16H2,1-2H3/b30-18+. The van der Waals surface area contributed by atoms with Gasteiger partial charge < -0.3 is 0 Å². The molecule has 5 aromatic rings. The predicted octanol–water partition coefficient (Wildman–Crippen LogP) is 5.68. The van der Waals surface area contributed by atoms with Crippen molar-refractivity contribution in [3.63, 3.8) is 0 Å². The van der Waals surface area contributed by atoms with Crippen LogP contribution in [0.5, 0.6) is 0 Å². The third-order valence-electron chi connectivity index (χ3n) is 6.94. The highest BCUT2D eigenvalue weighted by atomic mass is 16.1. The highest BCUT2D eigenvalue weighted by Crippen LogP contribution is 2.26. The summed E-state index contributed by atoms with van der Waals surface area (Å²) >= 11 is 0. The molecule has 36 heavy (non-hydrogen) atoms. The Balaban J connectivity index is 1.56. The molecule has 0 bridgehead atoms. The maximum absolute atomic E-state index is 13.9. The molecule has 0 radical (unpaired) electrons. The molecule has 0 spiro atoms. The first-order chi connectivity index (χ1) is 17.6. The minimum atomic E-state index is -0.0898. The Kier molecular flexibility index (Phi) is 5.68. The van der Waals surface area contributed by atoms with Crippen LogP contribution >= 0.6 is 0 Å². The summed E-state index contributed by atoms with van der Waals surface area (Å²) in [4.78, 5) is 28.5. The van der Waals surface area contributed by atoms with Gasteiger partial charge in [-0.15, -0.1) is 0 Å². The highest BCUT2D eigenvalue weighted by Gasteiger charge is 2.21. The first-order valence-electron chi connectivity index (χ1n) is 12.6. The van der Waals surface area contributed by atoms with Crippen molar-refractivity contribution < 1.29 is 0 Å². The van der Waals surface area contributed by atoms with Crippen LogP contribution in [0.25, 0.3) is 33.2 Å². The van der Waals surface area contributed by atoms with Gasteiger partial charge in [0.2, 0.25) is 0 Å². The van der Waals surface area contributed by atoms with Crippen molar-refractivity contribution in [3.8, 4) is 0 Å². The predicted molar refractivity (Wildman–Crippen MR) is 145 cm³/mol. The minimum Gasteiger partial charge on any atom is -0.296 e. The Morgan fingerprint density at radius 3 is 2.58 bits per heavy atom. The molecule has 0 saturated carbocycles. The van der Waals surface area contributed by atoms with Gasteiger partial charge in [0.25, 0.3) is 5.56 Å². The molecule has 0 atom stereocenters. The third kappa shape index (κ3) is 4.00. The van der Waals surface area contributed by atoms with Gasteiger partial charge in [0, 0.05) is 6.54 Å². The van der Waals surface area contributed by atoms with Crippen molar-refractivity contribution in [2.75, 3.05) is 0 Å². The first-order valence-corrected chi connectivity index (χ1v) is 12.6. The SMILES string of the molecule is Cc1cccc(/C=N/n2c3nc4ccccc4nc3c3c(=O)n(CCC4=CCCCC4)c(C)nc32)c1. The maximum Gasteiger partial charge on any atom is 0.265 e. The Labute approximate surface area is 208 Å². The number of fused-ring (bicyclic) bond motifs is 4. The number of aryl methyl sites for hydroxylation is 2. The van der Waals surface area contributed by atoms with Gasteiger partial charge >= 0.3 is 0 Å². The molecule has 1 aliphatic rings. The van der Waals surface area contributed by atoms with Crippen LogP contribution in [0.15, 0.2) is 70.1 Å². The van der Waals surface area contributed by atoms with Crippen LogP contribution in [0.1, 0.15) is 49.1 Å². The van der Waals surface area contributed by atoms with Crippen LogP contribution in [0, 0.1) is 13.8 Å². The Morgan fingerprint density at radius 1 is 0.972 bits per heavy atom. The number of nitrogens with zero attached hydrogens (tertiary/aromatic N) is 6. The summed E-state index contributed by atoms with van der Waals surface area (Å²) in [6.07, 6.45) is 9.72. The molecule has 0 N–H and O–H groups in total. The average Bonchev–Trinajstić information content (AvgIpc) is 3.18. The number of rotatable bonds is 5. The van der Waals surface area contributed by atoms with E-state index in [1.165, 1.54) is 18.4 Å². The largest absolute Gasteiger partial charge is 0.296 e. The lowest BCUT2D eigenvalue weighted by atomic mass is 9.97. The molecule has 180 valence electrons. The monoisotopic (exact) mass is 476 g/mol. The van der Waals surface area contributed by atoms with E-state index in [0.717, 1.165) is 41.4 Å².